The lowest BCUT2D eigenvalue weighted by Gasteiger charge is -2.11. The van der Waals surface area contributed by atoms with E-state index in [4.69, 9.17) is 16.3 Å². The third-order valence-electron chi connectivity index (χ3n) is 1.96. The summed E-state index contributed by atoms with van der Waals surface area (Å²) >= 11 is 5.94. The fourth-order valence-electron chi connectivity index (χ4n) is 1.21. The Morgan fingerprint density at radius 1 is 1.46 bits per heavy atom. The fraction of sp³-hybridized carbons (Fsp3) is 0.400. The first-order valence-corrected chi connectivity index (χ1v) is 4.46. The molecule has 1 unspecified atom stereocenters. The number of aryl methyl sites for hydroxylation is 1. The molecule has 1 N–H and O–H groups in total. The molecule has 1 rings (SSSR count). The van der Waals surface area contributed by atoms with Crippen molar-refractivity contribution in [2.75, 3.05) is 7.11 Å². The number of rotatable bonds is 2. The summed E-state index contributed by atoms with van der Waals surface area (Å²) in [6.45, 7) is 3.59. The summed E-state index contributed by atoms with van der Waals surface area (Å²) < 4.78 is 5.12. The molecule has 0 aliphatic heterocycles. The van der Waals surface area contributed by atoms with Crippen LogP contribution in [0.4, 0.5) is 0 Å². The highest BCUT2D eigenvalue weighted by Gasteiger charge is 2.09. The van der Waals surface area contributed by atoms with E-state index in [0.717, 1.165) is 11.3 Å². The largest absolute Gasteiger partial charge is 0.496 e. The lowest BCUT2D eigenvalue weighted by Crippen LogP contribution is -1.95. The van der Waals surface area contributed by atoms with Gasteiger partial charge in [-0.05, 0) is 31.5 Å². The summed E-state index contributed by atoms with van der Waals surface area (Å²) in [5.41, 5.74) is 1.67. The Morgan fingerprint density at radius 2 is 2.08 bits per heavy atom. The second-order valence-electron chi connectivity index (χ2n) is 3.02. The van der Waals surface area contributed by atoms with Crippen molar-refractivity contribution in [2.45, 2.75) is 20.0 Å². The van der Waals surface area contributed by atoms with Gasteiger partial charge in [-0.15, -0.1) is 0 Å². The number of halogens is 1. The average Bonchev–Trinajstić information content (AvgIpc) is 2.03. The van der Waals surface area contributed by atoms with Crippen molar-refractivity contribution in [3.05, 3.63) is 28.3 Å². The lowest BCUT2D eigenvalue weighted by molar-refractivity contribution is 0.199. The Hall–Kier alpha value is -0.730. The van der Waals surface area contributed by atoms with Crippen LogP contribution < -0.4 is 4.74 Å². The molecular formula is C10H13ClO2. The molecule has 0 spiro atoms. The highest BCUT2D eigenvalue weighted by Crippen LogP contribution is 2.30. The van der Waals surface area contributed by atoms with E-state index in [9.17, 15) is 5.11 Å². The normalized spacial score (nSPS) is 12.7. The molecule has 0 fully saturated rings. The van der Waals surface area contributed by atoms with Gasteiger partial charge in [0.1, 0.15) is 5.75 Å². The molecule has 0 bridgehead atoms. The molecule has 1 aromatic rings. The molecule has 1 atom stereocenters. The second kappa shape index (κ2) is 3.99. The van der Waals surface area contributed by atoms with Crippen LogP contribution in [0.25, 0.3) is 0 Å². The number of methoxy groups -OCH3 is 1. The first-order valence-electron chi connectivity index (χ1n) is 4.08. The van der Waals surface area contributed by atoms with Crippen molar-refractivity contribution >= 4 is 11.6 Å². The maximum absolute atomic E-state index is 9.38. The summed E-state index contributed by atoms with van der Waals surface area (Å²) in [4.78, 5) is 0. The molecule has 72 valence electrons. The van der Waals surface area contributed by atoms with Gasteiger partial charge in [0.25, 0.3) is 0 Å². The highest BCUT2D eigenvalue weighted by molar-refractivity contribution is 6.31. The molecule has 0 aliphatic rings. The van der Waals surface area contributed by atoms with Crippen LogP contribution in [0, 0.1) is 6.92 Å². The number of benzene rings is 1. The van der Waals surface area contributed by atoms with E-state index >= 15 is 0 Å². The molecule has 1 aromatic carbocycles. The van der Waals surface area contributed by atoms with Crippen molar-refractivity contribution < 1.29 is 9.84 Å². The molecule has 0 heterocycles. The smallest absolute Gasteiger partial charge is 0.122 e. The van der Waals surface area contributed by atoms with Gasteiger partial charge < -0.3 is 9.84 Å². The number of hydrogen-bond acceptors (Lipinski definition) is 2. The minimum atomic E-state index is -0.568. The molecule has 2 nitrogen and oxygen atoms in total. The quantitative estimate of drug-likeness (QED) is 0.796. The molecule has 0 aromatic heterocycles. The maximum atomic E-state index is 9.38. The minimum Gasteiger partial charge on any atom is -0.496 e. The zero-order valence-corrected chi connectivity index (χ0v) is 8.72. The third-order valence-corrected chi connectivity index (χ3v) is 2.29. The first-order chi connectivity index (χ1) is 6.06. The number of hydrogen-bond donors (Lipinski definition) is 1. The van der Waals surface area contributed by atoms with Crippen LogP contribution in [0.15, 0.2) is 12.1 Å². The van der Waals surface area contributed by atoms with E-state index in [1.807, 2.05) is 6.92 Å². The van der Waals surface area contributed by atoms with Crippen LogP contribution in [-0.4, -0.2) is 12.2 Å². The maximum Gasteiger partial charge on any atom is 0.122 e. The summed E-state index contributed by atoms with van der Waals surface area (Å²) in [7, 11) is 1.60. The standard InChI is InChI=1S/C10H13ClO2/c1-6-4-9(11)8(7(2)12)5-10(6)13-3/h4-5,7,12H,1-3H3. The van der Waals surface area contributed by atoms with E-state index in [0.29, 0.717) is 10.6 Å². The molecular weight excluding hydrogens is 188 g/mol. The van der Waals surface area contributed by atoms with Crippen molar-refractivity contribution in [3.8, 4) is 5.75 Å². The van der Waals surface area contributed by atoms with E-state index in [2.05, 4.69) is 0 Å². The highest BCUT2D eigenvalue weighted by atomic mass is 35.5. The Balaban J connectivity index is 3.22. The molecule has 0 saturated carbocycles. The topological polar surface area (TPSA) is 29.5 Å². The van der Waals surface area contributed by atoms with Crippen LogP contribution in [0.2, 0.25) is 5.02 Å². The van der Waals surface area contributed by atoms with E-state index < -0.39 is 6.10 Å². The van der Waals surface area contributed by atoms with Crippen LogP contribution in [0.3, 0.4) is 0 Å². The Bertz CT molecular complexity index is 308. The number of ether oxygens (including phenoxy) is 1. The SMILES string of the molecule is COc1cc(C(C)O)c(Cl)cc1C. The molecule has 3 heteroatoms. The molecule has 0 saturated heterocycles. The molecule has 0 amide bonds. The zero-order valence-electron chi connectivity index (χ0n) is 7.97. The second-order valence-corrected chi connectivity index (χ2v) is 3.43. The first kappa shape index (κ1) is 10.4. The predicted octanol–water partition coefficient (Wildman–Crippen LogP) is 2.71. The lowest BCUT2D eigenvalue weighted by atomic mass is 10.1. The summed E-state index contributed by atoms with van der Waals surface area (Å²) in [6.07, 6.45) is -0.568. The van der Waals surface area contributed by atoms with Gasteiger partial charge in [-0.2, -0.15) is 0 Å². The van der Waals surface area contributed by atoms with Crippen molar-refractivity contribution in [3.63, 3.8) is 0 Å². The third kappa shape index (κ3) is 2.14. The number of aliphatic hydroxyl groups excluding tert-OH is 1. The Labute approximate surface area is 83.1 Å². The minimum absolute atomic E-state index is 0.568. The van der Waals surface area contributed by atoms with Crippen LogP contribution in [0.5, 0.6) is 5.75 Å². The summed E-state index contributed by atoms with van der Waals surface area (Å²) in [5.74, 6) is 0.750. The zero-order chi connectivity index (χ0) is 10.0. The molecule has 0 aliphatic carbocycles. The number of aliphatic hydroxyl groups is 1. The predicted molar refractivity (Wildman–Crippen MR) is 53.4 cm³/mol. The van der Waals surface area contributed by atoms with Crippen LogP contribution >= 0.6 is 11.6 Å². The summed E-state index contributed by atoms with van der Waals surface area (Å²) in [6, 6.07) is 3.56. The fourth-order valence-corrected chi connectivity index (χ4v) is 1.58. The van der Waals surface area contributed by atoms with Gasteiger partial charge in [0.15, 0.2) is 0 Å². The molecule has 13 heavy (non-hydrogen) atoms. The molecule has 0 radical (unpaired) electrons. The van der Waals surface area contributed by atoms with Crippen LogP contribution in [-0.2, 0) is 0 Å². The Morgan fingerprint density at radius 3 is 2.54 bits per heavy atom. The van der Waals surface area contributed by atoms with Crippen molar-refractivity contribution in [1.82, 2.24) is 0 Å². The van der Waals surface area contributed by atoms with Crippen molar-refractivity contribution in [2.24, 2.45) is 0 Å². The van der Waals surface area contributed by atoms with Crippen LogP contribution in [0.1, 0.15) is 24.2 Å². The summed E-state index contributed by atoms with van der Waals surface area (Å²) in [5, 5.41) is 9.95. The van der Waals surface area contributed by atoms with Gasteiger partial charge in [0.2, 0.25) is 0 Å². The Kier molecular flexibility index (Phi) is 3.17. The average molecular weight is 201 g/mol. The van der Waals surface area contributed by atoms with Crippen molar-refractivity contribution in [1.29, 1.82) is 0 Å². The monoisotopic (exact) mass is 200 g/mol. The van der Waals surface area contributed by atoms with Gasteiger partial charge in [-0.3, -0.25) is 0 Å². The van der Waals surface area contributed by atoms with Gasteiger partial charge in [-0.25, -0.2) is 0 Å². The van der Waals surface area contributed by atoms with Gasteiger partial charge in [0, 0.05) is 10.6 Å². The van der Waals surface area contributed by atoms with E-state index in [-0.39, 0.29) is 0 Å². The van der Waals surface area contributed by atoms with Gasteiger partial charge in [-0.1, -0.05) is 11.6 Å². The van der Waals surface area contributed by atoms with E-state index in [1.54, 1.807) is 26.2 Å². The van der Waals surface area contributed by atoms with Gasteiger partial charge in [0.05, 0.1) is 13.2 Å². The van der Waals surface area contributed by atoms with Gasteiger partial charge >= 0.3 is 0 Å². The van der Waals surface area contributed by atoms with E-state index in [1.165, 1.54) is 0 Å².